The Bertz CT molecular complexity index is 2780. The molecule has 19 nitrogen and oxygen atoms in total. The molecule has 0 bridgehead atoms. The summed E-state index contributed by atoms with van der Waals surface area (Å²) >= 11 is 0. The van der Waals surface area contributed by atoms with Crippen LogP contribution in [0, 0.1) is 11.3 Å². The molecule has 1 unspecified atom stereocenters. The fourth-order valence-corrected chi connectivity index (χ4v) is 9.76. The third kappa shape index (κ3) is 7.04. The van der Waals surface area contributed by atoms with Gasteiger partial charge < -0.3 is 20.5 Å². The second-order valence-electron chi connectivity index (χ2n) is 15.6. The predicted octanol–water partition coefficient (Wildman–Crippen LogP) is 2.64. The lowest BCUT2D eigenvalue weighted by molar-refractivity contribution is -0.136. The van der Waals surface area contributed by atoms with E-state index in [0.29, 0.717) is 59.8 Å². The van der Waals surface area contributed by atoms with E-state index in [9.17, 15) is 37.7 Å². The number of rotatable bonds is 11. The van der Waals surface area contributed by atoms with Crippen LogP contribution in [0.2, 0.25) is 0 Å². The monoisotopic (exact) mass is 844 g/mol. The van der Waals surface area contributed by atoms with Crippen LogP contribution in [0.1, 0.15) is 70.1 Å². The number of nitrogens with one attached hydrogen (secondary N) is 4. The number of carbonyl (C=O) groups is 5. The lowest BCUT2D eigenvalue weighted by Crippen LogP contribution is -2.64. The molecular weight excluding hydrogens is 805 g/mol. The van der Waals surface area contributed by atoms with Gasteiger partial charge in [0, 0.05) is 73.2 Å². The molecule has 7 heterocycles. The van der Waals surface area contributed by atoms with E-state index in [2.05, 4.69) is 37.1 Å². The number of H-pyrrole nitrogens is 1. The van der Waals surface area contributed by atoms with Crippen molar-refractivity contribution in [2.45, 2.75) is 56.7 Å². The zero-order valence-corrected chi connectivity index (χ0v) is 33.7. The summed E-state index contributed by atoms with van der Waals surface area (Å²) in [6.07, 6.45) is 6.56. The first-order chi connectivity index (χ1) is 29.4. The van der Waals surface area contributed by atoms with Crippen LogP contribution < -0.4 is 20.9 Å². The van der Waals surface area contributed by atoms with E-state index < -0.39 is 45.2 Å². The summed E-state index contributed by atoms with van der Waals surface area (Å²) < 4.78 is 27.9. The minimum absolute atomic E-state index is 0.0224. The Morgan fingerprint density at radius 2 is 1.77 bits per heavy atom. The van der Waals surface area contributed by atoms with Crippen LogP contribution >= 0.6 is 0 Å². The summed E-state index contributed by atoms with van der Waals surface area (Å²) in [4.78, 5) is 80.1. The average molecular weight is 845 g/mol. The van der Waals surface area contributed by atoms with E-state index in [1.807, 2.05) is 11.0 Å². The number of fused-ring (bicyclic) bond motifs is 2. The number of benzene rings is 2. The van der Waals surface area contributed by atoms with Gasteiger partial charge >= 0.3 is 0 Å². The fraction of sp³-hybridized carbons (Fsp3) is 0.341. The van der Waals surface area contributed by atoms with Gasteiger partial charge in [-0.2, -0.15) is 19.6 Å². The summed E-state index contributed by atoms with van der Waals surface area (Å²) in [5, 5.41) is 23.4. The maximum absolute atomic E-state index is 13.6. The zero-order valence-electron chi connectivity index (χ0n) is 32.9. The number of hydrogen-bond donors (Lipinski definition) is 4. The number of nitrogens with zero attached hydrogens (tertiary/aromatic N) is 8. The molecule has 0 saturated carbocycles. The van der Waals surface area contributed by atoms with Gasteiger partial charge in [-0.15, -0.1) is 0 Å². The molecule has 5 aromatic rings. The molecule has 1 atom stereocenters. The highest BCUT2D eigenvalue weighted by atomic mass is 32.2. The van der Waals surface area contributed by atoms with E-state index >= 15 is 0 Å². The van der Waals surface area contributed by atoms with E-state index in [1.165, 1.54) is 4.31 Å². The molecule has 61 heavy (non-hydrogen) atoms. The maximum atomic E-state index is 13.6. The molecule has 20 heteroatoms. The molecular formula is C41H40N12O7S. The maximum Gasteiger partial charge on any atom is 0.264 e. The number of carbonyl (C=O) groups excluding carboxylic acids is 5. The van der Waals surface area contributed by atoms with Crippen LogP contribution in [0.15, 0.2) is 67.1 Å². The van der Waals surface area contributed by atoms with Crippen LogP contribution in [-0.2, 0) is 25.2 Å². The lowest BCUT2D eigenvalue weighted by atomic mass is 9.89. The van der Waals surface area contributed by atoms with Crippen molar-refractivity contribution in [3.05, 3.63) is 83.8 Å². The normalized spacial score (nSPS) is 19.4. The van der Waals surface area contributed by atoms with Gasteiger partial charge in [-0.3, -0.25) is 38.9 Å². The van der Waals surface area contributed by atoms with Crippen LogP contribution in [0.4, 0.5) is 17.3 Å². The molecule has 2 aromatic carbocycles. The SMILES string of the molecule is CCS(=O)(=O)N1CC(CC#N)(n2cc(-c3nc(Nc4ccc(C(=O)NC5CCN(c6cccc7c6C(=O)N(C6CCC(=O)NC6=O)C7=O)CC5)cc4)nc4[nH]ccc34)cn2)C1. The minimum Gasteiger partial charge on any atom is -0.371 e. The van der Waals surface area contributed by atoms with Gasteiger partial charge in [-0.1, -0.05) is 6.07 Å². The quantitative estimate of drug-likeness (QED) is 0.140. The standard InChI is InChI=1S/C41H40N12O7S/c1-2-61(59,60)51-22-41(23-51,15-16-42)52-21-25(20-44-52)34-29-12-17-43-35(29)49-40(48-34)46-26-8-6-24(7-9-26)36(55)45-27-13-18-50(19-14-27)30-5-3-4-28-33(30)39(58)53(38(28)57)31-10-11-32(54)47-37(31)56/h3-9,12,17,20-21,27,31H,2,10-11,13-15,18-19,22-23H2,1H3,(H,45,55)(H,47,54,56)(H2,43,46,48,49). The first kappa shape index (κ1) is 39.5. The van der Waals surface area contributed by atoms with Gasteiger partial charge in [0.05, 0.1) is 46.9 Å². The summed E-state index contributed by atoms with van der Waals surface area (Å²) in [6, 6.07) is 14.8. The summed E-state index contributed by atoms with van der Waals surface area (Å²) in [5.74, 6) is -2.18. The third-order valence-electron chi connectivity index (χ3n) is 11.9. The largest absolute Gasteiger partial charge is 0.371 e. The molecule has 3 saturated heterocycles. The van der Waals surface area contributed by atoms with Crippen molar-refractivity contribution in [2.75, 3.05) is 42.1 Å². The number of imide groups is 2. The van der Waals surface area contributed by atoms with Crippen molar-refractivity contribution in [3.63, 3.8) is 0 Å². The zero-order chi connectivity index (χ0) is 42.6. The van der Waals surface area contributed by atoms with Crippen molar-refractivity contribution in [1.82, 2.24) is 44.6 Å². The predicted molar refractivity (Wildman–Crippen MR) is 220 cm³/mol. The Morgan fingerprint density at radius 3 is 2.49 bits per heavy atom. The van der Waals surface area contributed by atoms with E-state index in [0.717, 1.165) is 10.3 Å². The molecule has 3 fully saturated rings. The van der Waals surface area contributed by atoms with Gasteiger partial charge in [0.1, 0.15) is 17.2 Å². The first-order valence-corrected chi connectivity index (χ1v) is 21.5. The highest BCUT2D eigenvalue weighted by Crippen LogP contribution is 2.37. The molecule has 0 spiro atoms. The highest BCUT2D eigenvalue weighted by Gasteiger charge is 2.50. The van der Waals surface area contributed by atoms with E-state index in [-0.39, 0.29) is 67.1 Å². The molecule has 312 valence electrons. The van der Waals surface area contributed by atoms with Crippen molar-refractivity contribution in [3.8, 4) is 17.3 Å². The lowest BCUT2D eigenvalue weighted by Gasteiger charge is -2.47. The molecule has 3 aromatic heterocycles. The molecule has 0 radical (unpaired) electrons. The number of aromatic amines is 1. The Kier molecular flexibility index (Phi) is 9.87. The second kappa shape index (κ2) is 15.2. The number of sulfonamides is 1. The van der Waals surface area contributed by atoms with Crippen molar-refractivity contribution in [1.29, 1.82) is 5.26 Å². The smallest absolute Gasteiger partial charge is 0.264 e. The van der Waals surface area contributed by atoms with Crippen LogP contribution in [-0.4, -0.2) is 116 Å². The first-order valence-electron chi connectivity index (χ1n) is 19.9. The van der Waals surface area contributed by atoms with Gasteiger partial charge in [0.15, 0.2) is 0 Å². The summed E-state index contributed by atoms with van der Waals surface area (Å²) in [5.41, 5.74) is 3.18. The topological polar surface area (TPSA) is 248 Å². The number of anilines is 3. The van der Waals surface area contributed by atoms with Crippen molar-refractivity contribution >= 4 is 67.9 Å². The van der Waals surface area contributed by atoms with E-state index in [1.54, 1.807) is 72.7 Å². The number of nitriles is 1. The van der Waals surface area contributed by atoms with Gasteiger partial charge in [0.2, 0.25) is 27.8 Å². The van der Waals surface area contributed by atoms with Gasteiger partial charge in [0.25, 0.3) is 17.7 Å². The van der Waals surface area contributed by atoms with Gasteiger partial charge in [-0.25, -0.2) is 13.4 Å². The molecule has 4 N–H and O–H groups in total. The molecule has 4 aliphatic heterocycles. The van der Waals surface area contributed by atoms with Crippen LogP contribution in [0.25, 0.3) is 22.3 Å². The number of amides is 5. The fourth-order valence-electron chi connectivity index (χ4n) is 8.52. The van der Waals surface area contributed by atoms with E-state index in [4.69, 9.17) is 4.98 Å². The van der Waals surface area contributed by atoms with Crippen molar-refractivity contribution in [2.24, 2.45) is 0 Å². The number of aromatic nitrogens is 5. The van der Waals surface area contributed by atoms with Crippen LogP contribution in [0.5, 0.6) is 0 Å². The van der Waals surface area contributed by atoms with Crippen LogP contribution in [0.3, 0.4) is 0 Å². The summed E-state index contributed by atoms with van der Waals surface area (Å²) in [7, 11) is -3.40. The van der Waals surface area contributed by atoms with Crippen molar-refractivity contribution < 1.29 is 32.4 Å². The average Bonchev–Trinajstić information content (AvgIpc) is 3.99. The number of piperidine rings is 2. The minimum atomic E-state index is -3.40. The molecule has 5 amide bonds. The Hall–Kier alpha value is -6.98. The Balaban J connectivity index is 0.835. The van der Waals surface area contributed by atoms with Gasteiger partial charge in [-0.05, 0) is 68.7 Å². The number of hydrogen-bond acceptors (Lipinski definition) is 13. The summed E-state index contributed by atoms with van der Waals surface area (Å²) in [6.45, 7) is 2.92. The molecule has 9 rings (SSSR count). The Labute approximate surface area is 349 Å². The second-order valence-corrected chi connectivity index (χ2v) is 17.9. The highest BCUT2D eigenvalue weighted by molar-refractivity contribution is 7.89. The molecule has 4 aliphatic rings. The Morgan fingerprint density at radius 1 is 1.00 bits per heavy atom. The molecule has 0 aliphatic carbocycles. The third-order valence-corrected chi connectivity index (χ3v) is 13.7.